The summed E-state index contributed by atoms with van der Waals surface area (Å²) in [4.78, 5) is 0. The van der Waals surface area contributed by atoms with E-state index >= 15 is 0 Å². The Hall–Kier alpha value is -1.76. The Morgan fingerprint density at radius 3 is 1.94 bits per heavy atom. The van der Waals surface area contributed by atoms with E-state index in [-0.39, 0.29) is 0 Å². The summed E-state index contributed by atoms with van der Waals surface area (Å²) in [6.07, 6.45) is 2.37. The molecule has 1 aliphatic carbocycles. The average Bonchev–Trinajstić information content (AvgIpc) is 2.72. The van der Waals surface area contributed by atoms with Crippen molar-refractivity contribution >= 4 is 0 Å². The van der Waals surface area contributed by atoms with Crippen LogP contribution in [0.2, 0.25) is 0 Å². The third-order valence-corrected chi connectivity index (χ3v) is 3.06. The van der Waals surface area contributed by atoms with Gasteiger partial charge in [-0.3, -0.25) is 0 Å². The quantitative estimate of drug-likeness (QED) is 0.739. The average molecular weight is 210 g/mol. The van der Waals surface area contributed by atoms with Crippen molar-refractivity contribution in [2.75, 3.05) is 0 Å². The van der Waals surface area contributed by atoms with Gasteiger partial charge >= 0.3 is 0 Å². The molecule has 0 heterocycles. The molecule has 0 spiro atoms. The Labute approximate surface area is 95.7 Å². The van der Waals surface area contributed by atoms with Crippen molar-refractivity contribution in [3.05, 3.63) is 65.7 Å². The molecule has 0 bridgehead atoms. The van der Waals surface area contributed by atoms with E-state index in [1.807, 2.05) is 30.3 Å². The molecule has 0 radical (unpaired) electrons. The molecule has 0 unspecified atom stereocenters. The maximum absolute atomic E-state index is 5.96. The molecule has 0 aromatic heterocycles. The van der Waals surface area contributed by atoms with E-state index in [2.05, 4.69) is 24.3 Å². The number of para-hydroxylation sites is 1. The first-order valence-corrected chi connectivity index (χ1v) is 5.70. The molecule has 1 nitrogen and oxygen atoms in total. The van der Waals surface area contributed by atoms with Crippen molar-refractivity contribution < 1.29 is 4.74 Å². The molecule has 0 N–H and O–H groups in total. The van der Waals surface area contributed by atoms with Crippen LogP contribution in [0.1, 0.15) is 11.1 Å². The normalized spacial score (nSPS) is 14.8. The summed E-state index contributed by atoms with van der Waals surface area (Å²) in [7, 11) is 0. The zero-order chi connectivity index (χ0) is 10.8. The fourth-order valence-electron chi connectivity index (χ4n) is 2.29. The van der Waals surface area contributed by atoms with Crippen LogP contribution in [-0.4, -0.2) is 6.10 Å². The van der Waals surface area contributed by atoms with Gasteiger partial charge < -0.3 is 4.74 Å². The summed E-state index contributed by atoms with van der Waals surface area (Å²) >= 11 is 0. The highest BCUT2D eigenvalue weighted by Crippen LogP contribution is 2.25. The molecule has 0 atom stereocenters. The van der Waals surface area contributed by atoms with Crippen LogP contribution in [-0.2, 0) is 12.8 Å². The number of hydrogen-bond acceptors (Lipinski definition) is 1. The largest absolute Gasteiger partial charge is 0.490 e. The lowest BCUT2D eigenvalue weighted by molar-refractivity contribution is 0.214. The topological polar surface area (TPSA) is 9.23 Å². The minimum atomic E-state index is 0.305. The number of benzene rings is 2. The van der Waals surface area contributed by atoms with Gasteiger partial charge in [-0.05, 0) is 23.3 Å². The van der Waals surface area contributed by atoms with Gasteiger partial charge in [0.1, 0.15) is 11.9 Å². The Balaban J connectivity index is 1.73. The molecule has 0 fully saturated rings. The van der Waals surface area contributed by atoms with Crippen LogP contribution in [0, 0.1) is 0 Å². The van der Waals surface area contributed by atoms with Gasteiger partial charge in [-0.25, -0.2) is 0 Å². The second-order valence-corrected chi connectivity index (χ2v) is 4.23. The van der Waals surface area contributed by atoms with Crippen LogP contribution in [0.3, 0.4) is 0 Å². The molecule has 2 aromatic carbocycles. The van der Waals surface area contributed by atoms with Crippen molar-refractivity contribution in [3.63, 3.8) is 0 Å². The van der Waals surface area contributed by atoms with Crippen molar-refractivity contribution in [1.29, 1.82) is 0 Å². The summed E-state index contributed by atoms with van der Waals surface area (Å²) < 4.78 is 5.96. The molecular weight excluding hydrogens is 196 g/mol. The van der Waals surface area contributed by atoms with E-state index in [1.165, 1.54) is 11.1 Å². The standard InChI is InChI=1S/C15H14O/c1-2-8-14(9-3-1)16-15-10-12-6-4-5-7-13(12)11-15/h1-9,15H,10-11H2. The highest BCUT2D eigenvalue weighted by molar-refractivity contribution is 5.33. The summed E-state index contributed by atoms with van der Waals surface area (Å²) in [5.41, 5.74) is 2.87. The molecule has 0 saturated carbocycles. The van der Waals surface area contributed by atoms with Crippen LogP contribution >= 0.6 is 0 Å². The van der Waals surface area contributed by atoms with E-state index in [0.717, 1.165) is 18.6 Å². The lowest BCUT2D eigenvalue weighted by Gasteiger charge is -2.12. The van der Waals surface area contributed by atoms with E-state index in [9.17, 15) is 0 Å². The zero-order valence-electron chi connectivity index (χ0n) is 9.10. The lowest BCUT2D eigenvalue weighted by Crippen LogP contribution is -2.16. The summed E-state index contributed by atoms with van der Waals surface area (Å²) in [5.74, 6) is 0.973. The van der Waals surface area contributed by atoms with Crippen molar-refractivity contribution in [2.45, 2.75) is 18.9 Å². The van der Waals surface area contributed by atoms with E-state index in [4.69, 9.17) is 4.74 Å². The Morgan fingerprint density at radius 2 is 1.31 bits per heavy atom. The third kappa shape index (κ3) is 1.81. The van der Waals surface area contributed by atoms with Gasteiger partial charge in [-0.1, -0.05) is 42.5 Å². The van der Waals surface area contributed by atoms with Gasteiger partial charge in [0.15, 0.2) is 0 Å². The molecule has 16 heavy (non-hydrogen) atoms. The Morgan fingerprint density at radius 1 is 0.750 bits per heavy atom. The first kappa shape index (κ1) is 9.46. The lowest BCUT2D eigenvalue weighted by atomic mass is 10.1. The third-order valence-electron chi connectivity index (χ3n) is 3.06. The van der Waals surface area contributed by atoms with E-state index in [1.54, 1.807) is 0 Å². The van der Waals surface area contributed by atoms with Crippen molar-refractivity contribution in [1.82, 2.24) is 0 Å². The minimum Gasteiger partial charge on any atom is -0.490 e. The van der Waals surface area contributed by atoms with Gasteiger partial charge in [0.05, 0.1) is 0 Å². The number of rotatable bonds is 2. The van der Waals surface area contributed by atoms with Gasteiger partial charge in [0.2, 0.25) is 0 Å². The first-order chi connectivity index (χ1) is 7.92. The second kappa shape index (κ2) is 4.01. The maximum atomic E-state index is 5.96. The summed E-state index contributed by atoms with van der Waals surface area (Å²) in [6, 6.07) is 18.7. The smallest absolute Gasteiger partial charge is 0.119 e. The molecule has 1 heteroatoms. The van der Waals surface area contributed by atoms with Crippen LogP contribution in [0.25, 0.3) is 0 Å². The molecule has 2 aromatic rings. The van der Waals surface area contributed by atoms with Gasteiger partial charge in [0, 0.05) is 12.8 Å². The van der Waals surface area contributed by atoms with Gasteiger partial charge in [-0.2, -0.15) is 0 Å². The van der Waals surface area contributed by atoms with E-state index in [0.29, 0.717) is 6.10 Å². The van der Waals surface area contributed by atoms with Crippen LogP contribution < -0.4 is 4.74 Å². The zero-order valence-corrected chi connectivity index (χ0v) is 9.10. The van der Waals surface area contributed by atoms with Crippen molar-refractivity contribution in [3.8, 4) is 5.75 Å². The monoisotopic (exact) mass is 210 g/mol. The van der Waals surface area contributed by atoms with Crippen molar-refractivity contribution in [2.24, 2.45) is 0 Å². The predicted octanol–water partition coefficient (Wildman–Crippen LogP) is 3.23. The molecule has 0 saturated heterocycles. The number of fused-ring (bicyclic) bond motifs is 1. The predicted molar refractivity (Wildman–Crippen MR) is 64.7 cm³/mol. The molecule has 1 aliphatic rings. The highest BCUT2D eigenvalue weighted by Gasteiger charge is 2.21. The van der Waals surface area contributed by atoms with Crippen LogP contribution in [0.5, 0.6) is 5.75 Å². The fourth-order valence-corrected chi connectivity index (χ4v) is 2.29. The van der Waals surface area contributed by atoms with Gasteiger partial charge in [-0.15, -0.1) is 0 Å². The van der Waals surface area contributed by atoms with E-state index < -0.39 is 0 Å². The SMILES string of the molecule is c1ccc(OC2Cc3ccccc3C2)cc1. The Bertz CT molecular complexity index is 451. The number of ether oxygens (including phenoxy) is 1. The summed E-state index contributed by atoms with van der Waals surface area (Å²) in [5, 5.41) is 0. The first-order valence-electron chi connectivity index (χ1n) is 5.70. The maximum Gasteiger partial charge on any atom is 0.119 e. The van der Waals surface area contributed by atoms with Crippen LogP contribution in [0.15, 0.2) is 54.6 Å². The molecular formula is C15H14O. The highest BCUT2D eigenvalue weighted by atomic mass is 16.5. The molecule has 80 valence electrons. The Kier molecular flexibility index (Phi) is 2.37. The number of hydrogen-bond donors (Lipinski definition) is 0. The molecule has 0 aliphatic heterocycles. The molecule has 3 rings (SSSR count). The molecule has 0 amide bonds. The van der Waals surface area contributed by atoms with Crippen LogP contribution in [0.4, 0.5) is 0 Å². The summed E-state index contributed by atoms with van der Waals surface area (Å²) in [6.45, 7) is 0. The fraction of sp³-hybridized carbons (Fsp3) is 0.200. The van der Waals surface area contributed by atoms with Gasteiger partial charge in [0.25, 0.3) is 0 Å². The second-order valence-electron chi connectivity index (χ2n) is 4.23. The minimum absolute atomic E-state index is 0.305.